The highest BCUT2D eigenvalue weighted by Gasteiger charge is 2.30. The van der Waals surface area contributed by atoms with Crippen molar-refractivity contribution in [3.05, 3.63) is 212 Å². The Bertz CT molecular complexity index is 2960. The van der Waals surface area contributed by atoms with Crippen LogP contribution in [-0.2, 0) is 17.3 Å². The molecule has 68 heavy (non-hydrogen) atoms. The van der Waals surface area contributed by atoms with Gasteiger partial charge in [0.05, 0.1) is 0 Å². The molecule has 0 saturated carbocycles. The number of benzene rings is 8. The summed E-state index contributed by atoms with van der Waals surface area (Å²) >= 11 is 0. The van der Waals surface area contributed by atoms with Gasteiger partial charge in [-0.2, -0.15) is 0 Å². The van der Waals surface area contributed by atoms with Gasteiger partial charge in [0.15, 0.2) is 0 Å². The van der Waals surface area contributed by atoms with Gasteiger partial charge in [-0.15, -0.1) is 0 Å². The van der Waals surface area contributed by atoms with E-state index in [1.54, 1.807) is 24.3 Å². The molecule has 0 amide bonds. The summed E-state index contributed by atoms with van der Waals surface area (Å²) in [4.78, 5) is 0. The minimum atomic E-state index is -0.388. The molecular weight excluding hydrogens is 833 g/mol. The first-order chi connectivity index (χ1) is 32.1. The summed E-state index contributed by atoms with van der Waals surface area (Å²) in [5.74, 6) is 1.08. The fourth-order valence-corrected chi connectivity index (χ4v) is 10.3. The molecule has 0 spiro atoms. The second-order valence-corrected chi connectivity index (χ2v) is 20.5. The third-order valence-corrected chi connectivity index (χ3v) is 13.3. The maximum absolute atomic E-state index is 10.4. The Morgan fingerprint density at radius 3 is 0.912 bits per heavy atom. The van der Waals surface area contributed by atoms with Crippen LogP contribution in [-0.4, -0.2) is 20.4 Å². The lowest BCUT2D eigenvalue weighted by molar-refractivity contribution is 0.466. The van der Waals surface area contributed by atoms with E-state index in [-0.39, 0.29) is 33.8 Å². The average Bonchev–Trinajstić information content (AvgIpc) is 3.24. The zero-order valence-corrected chi connectivity index (χ0v) is 42.1. The quantitative estimate of drug-likeness (QED) is 0.110. The van der Waals surface area contributed by atoms with Crippen molar-refractivity contribution >= 4 is 0 Å². The van der Waals surface area contributed by atoms with E-state index in [9.17, 15) is 20.4 Å². The van der Waals surface area contributed by atoms with Gasteiger partial charge in [0.2, 0.25) is 0 Å². The molecule has 348 valence electrons. The largest absolute Gasteiger partial charge is 0.508 e. The first kappa shape index (κ1) is 48.9. The van der Waals surface area contributed by atoms with Gasteiger partial charge in [0.1, 0.15) is 23.0 Å². The van der Waals surface area contributed by atoms with Crippen molar-refractivity contribution in [3.63, 3.8) is 0 Å². The summed E-state index contributed by atoms with van der Waals surface area (Å²) in [6.07, 6.45) is 1.81. The summed E-state index contributed by atoms with van der Waals surface area (Å²) in [5, 5.41) is 41.3. The third-order valence-electron chi connectivity index (χ3n) is 13.3. The van der Waals surface area contributed by atoms with Crippen LogP contribution >= 0.6 is 0 Å². The van der Waals surface area contributed by atoms with Gasteiger partial charge in [-0.3, -0.25) is 0 Å². The summed E-state index contributed by atoms with van der Waals surface area (Å²) in [5.41, 5.74) is 22.5. The Kier molecular flexibility index (Phi) is 14.1. The molecule has 0 bridgehead atoms. The number of phenolic OH excluding ortho intramolecular Hbond substituents is 4. The molecule has 0 heterocycles. The number of hydrogen-bond acceptors (Lipinski definition) is 4. The molecule has 0 saturated heterocycles. The molecule has 8 rings (SSSR count). The van der Waals surface area contributed by atoms with Gasteiger partial charge < -0.3 is 20.4 Å². The topological polar surface area (TPSA) is 80.9 Å². The molecule has 0 atom stereocenters. The summed E-state index contributed by atoms with van der Waals surface area (Å²) in [6.45, 7) is 25.8. The number of aromatic hydroxyl groups is 4. The molecule has 0 aromatic heterocycles. The highest BCUT2D eigenvalue weighted by atomic mass is 16.3. The van der Waals surface area contributed by atoms with E-state index in [1.807, 2.05) is 36.4 Å². The van der Waals surface area contributed by atoms with E-state index in [1.165, 1.54) is 55.6 Å². The number of rotatable bonds is 10. The van der Waals surface area contributed by atoms with E-state index in [0.29, 0.717) is 0 Å². The van der Waals surface area contributed by atoms with Crippen molar-refractivity contribution in [1.82, 2.24) is 0 Å². The standard InChI is InChI=1S/C33H36O2.C31H32O2/c1-21-13-22(2)16-26(15-21)30-19-28(34)8-7-25(30)11-12-33(5,6)32-10-9-29(35)20-31(32)27-17-23(3)14-24(4)18-27;1-19-11-20(2)14-23(13-19)27-17-25(32)7-9-29(27)31(5,6)30-10-8-26(33)18-28(30)24-15-21(3)12-22(4)16-24/h7-10,13-20,34-35H,11-12H2,1-6H3;7-18,32-33H,1-6H3. The van der Waals surface area contributed by atoms with Gasteiger partial charge in [0.25, 0.3) is 0 Å². The number of phenols is 4. The zero-order valence-electron chi connectivity index (χ0n) is 42.1. The molecule has 8 aromatic carbocycles. The van der Waals surface area contributed by atoms with Crippen molar-refractivity contribution in [2.45, 2.75) is 107 Å². The normalized spacial score (nSPS) is 11.6. The van der Waals surface area contributed by atoms with Crippen molar-refractivity contribution in [1.29, 1.82) is 0 Å². The molecule has 0 fully saturated rings. The summed E-state index contributed by atoms with van der Waals surface area (Å²) in [7, 11) is 0. The summed E-state index contributed by atoms with van der Waals surface area (Å²) < 4.78 is 0. The Labute approximate surface area is 405 Å². The molecule has 0 aliphatic rings. The van der Waals surface area contributed by atoms with E-state index >= 15 is 0 Å². The van der Waals surface area contributed by atoms with Crippen molar-refractivity contribution in [3.8, 4) is 67.5 Å². The third kappa shape index (κ3) is 11.2. The molecule has 0 aliphatic heterocycles. The fraction of sp³-hybridized carbons (Fsp3) is 0.250. The average molecular weight is 901 g/mol. The maximum Gasteiger partial charge on any atom is 0.116 e. The first-order valence-electron chi connectivity index (χ1n) is 23.7. The Morgan fingerprint density at radius 1 is 0.309 bits per heavy atom. The molecule has 4 heteroatoms. The number of hydrogen-bond donors (Lipinski definition) is 4. The zero-order chi connectivity index (χ0) is 49.2. The molecule has 8 aromatic rings. The van der Waals surface area contributed by atoms with Crippen LogP contribution in [0, 0.1) is 55.4 Å². The lowest BCUT2D eigenvalue weighted by atomic mass is 9.72. The van der Waals surface area contributed by atoms with Gasteiger partial charge in [0, 0.05) is 5.41 Å². The minimum absolute atomic E-state index is 0.127. The van der Waals surface area contributed by atoms with Crippen LogP contribution in [0.25, 0.3) is 44.5 Å². The fourth-order valence-electron chi connectivity index (χ4n) is 10.3. The van der Waals surface area contributed by atoms with Gasteiger partial charge >= 0.3 is 0 Å². The second-order valence-electron chi connectivity index (χ2n) is 20.5. The van der Waals surface area contributed by atoms with E-state index < -0.39 is 0 Å². The van der Waals surface area contributed by atoms with E-state index in [4.69, 9.17) is 0 Å². The monoisotopic (exact) mass is 901 g/mol. The Balaban J connectivity index is 0.000000202. The van der Waals surface area contributed by atoms with Crippen LogP contribution in [0.3, 0.4) is 0 Å². The SMILES string of the molecule is Cc1cc(C)cc(-c2cc(O)ccc2C(C)(C)c2ccc(O)cc2-c2cc(C)cc(C)c2)c1.Cc1cc(C)cc(-c2cc(O)ccc2CCC(C)(C)c2ccc(O)cc2-c2cc(C)cc(C)c2)c1. The first-order valence-corrected chi connectivity index (χ1v) is 23.7. The van der Waals surface area contributed by atoms with Crippen molar-refractivity contribution < 1.29 is 20.4 Å². The molecular formula is C64H68O4. The summed E-state index contributed by atoms with van der Waals surface area (Å²) in [6, 6.07) is 48.9. The highest BCUT2D eigenvalue weighted by Crippen LogP contribution is 2.45. The predicted molar refractivity (Wildman–Crippen MR) is 286 cm³/mol. The molecule has 4 nitrogen and oxygen atoms in total. The lowest BCUT2D eigenvalue weighted by Gasteiger charge is -2.31. The van der Waals surface area contributed by atoms with E-state index in [2.05, 4.69) is 168 Å². The molecule has 0 radical (unpaired) electrons. The molecule has 0 aliphatic carbocycles. The van der Waals surface area contributed by atoms with Crippen LogP contribution in [0.5, 0.6) is 23.0 Å². The van der Waals surface area contributed by atoms with Crippen molar-refractivity contribution in [2.75, 3.05) is 0 Å². The smallest absolute Gasteiger partial charge is 0.116 e. The number of aryl methyl sites for hydroxylation is 9. The van der Waals surface area contributed by atoms with E-state index in [0.717, 1.165) is 68.5 Å². The van der Waals surface area contributed by atoms with Gasteiger partial charge in [-0.05, 0) is 189 Å². The van der Waals surface area contributed by atoms with Crippen molar-refractivity contribution in [2.24, 2.45) is 0 Å². The molecule has 0 unspecified atom stereocenters. The van der Waals surface area contributed by atoms with Crippen LogP contribution in [0.2, 0.25) is 0 Å². The maximum atomic E-state index is 10.4. The van der Waals surface area contributed by atoms with Gasteiger partial charge in [-0.1, -0.05) is 169 Å². The van der Waals surface area contributed by atoms with Crippen LogP contribution in [0.4, 0.5) is 0 Å². The van der Waals surface area contributed by atoms with Crippen LogP contribution in [0.1, 0.15) is 101 Å². The Hall–Kier alpha value is -7.04. The predicted octanol–water partition coefficient (Wildman–Crippen LogP) is 16.6. The van der Waals surface area contributed by atoms with Crippen LogP contribution < -0.4 is 0 Å². The van der Waals surface area contributed by atoms with Crippen LogP contribution in [0.15, 0.2) is 146 Å². The molecule has 4 N–H and O–H groups in total. The lowest BCUT2D eigenvalue weighted by Crippen LogP contribution is -2.21. The highest BCUT2D eigenvalue weighted by molar-refractivity contribution is 5.78. The second kappa shape index (κ2) is 19.7. The minimum Gasteiger partial charge on any atom is -0.508 e. The Morgan fingerprint density at radius 2 is 0.574 bits per heavy atom. The van der Waals surface area contributed by atoms with Gasteiger partial charge in [-0.25, -0.2) is 0 Å².